The van der Waals surface area contributed by atoms with Crippen LogP contribution in [0.1, 0.15) is 42.5 Å². The Morgan fingerprint density at radius 3 is 1.88 bits per heavy atom. The van der Waals surface area contributed by atoms with Crippen LogP contribution in [-0.2, 0) is 12.4 Å². The molecule has 1 radical (unpaired) electrons. The SMILES string of the molecule is CC(C)CC1=Cc2c(ccc(-c3ccccc3)c2-c2cc(C(F)(F)F)cc(C(F)(F)F)c2)[CH]1. The summed E-state index contributed by atoms with van der Waals surface area (Å²) in [5.41, 5.74) is 1.33. The largest absolute Gasteiger partial charge is 0.416 e. The van der Waals surface area contributed by atoms with Gasteiger partial charge in [-0.15, -0.1) is 0 Å². The minimum absolute atomic E-state index is 0.108. The molecule has 6 heteroatoms. The number of hydrogen-bond acceptors (Lipinski definition) is 0. The van der Waals surface area contributed by atoms with Gasteiger partial charge in [-0.3, -0.25) is 0 Å². The van der Waals surface area contributed by atoms with E-state index in [-0.39, 0.29) is 11.6 Å². The summed E-state index contributed by atoms with van der Waals surface area (Å²) in [5.74, 6) is 0.351. The molecule has 1 aliphatic rings. The lowest BCUT2D eigenvalue weighted by molar-refractivity contribution is -0.143. The minimum atomic E-state index is -4.91. The van der Waals surface area contributed by atoms with Crippen LogP contribution < -0.4 is 0 Å². The van der Waals surface area contributed by atoms with Gasteiger partial charge in [-0.25, -0.2) is 0 Å². The lowest BCUT2D eigenvalue weighted by Crippen LogP contribution is -2.11. The van der Waals surface area contributed by atoms with E-state index >= 15 is 0 Å². The van der Waals surface area contributed by atoms with Gasteiger partial charge in [0.1, 0.15) is 0 Å². The molecule has 0 atom stereocenters. The molecular formula is C27H21F6. The van der Waals surface area contributed by atoms with Crippen LogP contribution in [0, 0.1) is 12.3 Å². The molecule has 3 aromatic carbocycles. The number of hydrogen-bond donors (Lipinski definition) is 0. The standard InChI is InChI=1S/C27H21F6/c1-16(2)10-17-11-19-8-9-23(18-6-4-3-5-7-18)25(24(19)12-17)20-13-21(26(28,29)30)15-22(14-20)27(31,32)33/h3-9,11-16H,10H2,1-2H3. The van der Waals surface area contributed by atoms with Crippen LogP contribution >= 0.6 is 0 Å². The predicted octanol–water partition coefficient (Wildman–Crippen LogP) is 9.05. The van der Waals surface area contributed by atoms with Gasteiger partial charge in [-0.05, 0) is 63.9 Å². The fourth-order valence-electron chi connectivity index (χ4n) is 4.20. The van der Waals surface area contributed by atoms with Crippen molar-refractivity contribution in [1.82, 2.24) is 0 Å². The van der Waals surface area contributed by atoms with E-state index in [2.05, 4.69) is 13.8 Å². The summed E-state index contributed by atoms with van der Waals surface area (Å²) >= 11 is 0. The van der Waals surface area contributed by atoms with Crippen LogP contribution in [0.3, 0.4) is 0 Å². The van der Waals surface area contributed by atoms with Gasteiger partial charge in [0.2, 0.25) is 0 Å². The predicted molar refractivity (Wildman–Crippen MR) is 118 cm³/mol. The van der Waals surface area contributed by atoms with Crippen molar-refractivity contribution in [3.05, 3.63) is 94.9 Å². The summed E-state index contributed by atoms with van der Waals surface area (Å²) in [6.07, 6.45) is -5.24. The average molecular weight is 459 g/mol. The van der Waals surface area contributed by atoms with Crippen molar-refractivity contribution in [2.45, 2.75) is 32.6 Å². The molecule has 0 heterocycles. The zero-order chi connectivity index (χ0) is 24.0. The highest BCUT2D eigenvalue weighted by Gasteiger charge is 2.37. The molecule has 3 aromatic rings. The van der Waals surface area contributed by atoms with Gasteiger partial charge < -0.3 is 0 Å². The molecule has 0 aliphatic heterocycles. The Bertz CT molecular complexity index is 1170. The normalized spacial score (nSPS) is 13.9. The van der Waals surface area contributed by atoms with E-state index in [1.54, 1.807) is 36.4 Å². The van der Waals surface area contributed by atoms with Crippen molar-refractivity contribution in [2.24, 2.45) is 5.92 Å². The van der Waals surface area contributed by atoms with Crippen molar-refractivity contribution in [3.63, 3.8) is 0 Å². The number of benzene rings is 3. The van der Waals surface area contributed by atoms with E-state index in [1.165, 1.54) is 0 Å². The number of halogens is 6. The molecule has 0 saturated carbocycles. The molecule has 0 unspecified atom stereocenters. The van der Waals surface area contributed by atoms with E-state index < -0.39 is 23.5 Å². The van der Waals surface area contributed by atoms with Crippen LogP contribution in [0.2, 0.25) is 0 Å². The van der Waals surface area contributed by atoms with Gasteiger partial charge in [0.05, 0.1) is 11.1 Å². The number of alkyl halides is 6. The second-order valence-electron chi connectivity index (χ2n) is 8.61. The maximum Gasteiger partial charge on any atom is 0.416 e. The number of allylic oxidation sites excluding steroid dienone is 1. The fourth-order valence-corrected chi connectivity index (χ4v) is 4.20. The molecule has 33 heavy (non-hydrogen) atoms. The number of rotatable bonds is 4. The molecule has 0 nitrogen and oxygen atoms in total. The van der Waals surface area contributed by atoms with Gasteiger partial charge >= 0.3 is 12.4 Å². The molecule has 0 bridgehead atoms. The molecule has 171 valence electrons. The van der Waals surface area contributed by atoms with Gasteiger partial charge in [0.25, 0.3) is 0 Å². The van der Waals surface area contributed by atoms with Gasteiger partial charge in [0.15, 0.2) is 0 Å². The third-order valence-electron chi connectivity index (χ3n) is 5.55. The summed E-state index contributed by atoms with van der Waals surface area (Å²) in [6.45, 7) is 4.10. The zero-order valence-corrected chi connectivity index (χ0v) is 18.0. The highest BCUT2D eigenvalue weighted by Crippen LogP contribution is 2.45. The van der Waals surface area contributed by atoms with Crippen molar-refractivity contribution >= 4 is 6.08 Å². The first-order valence-electron chi connectivity index (χ1n) is 10.5. The zero-order valence-electron chi connectivity index (χ0n) is 18.0. The van der Waals surface area contributed by atoms with Crippen molar-refractivity contribution in [2.75, 3.05) is 0 Å². The van der Waals surface area contributed by atoms with Crippen LogP contribution in [-0.4, -0.2) is 0 Å². The number of fused-ring (bicyclic) bond motifs is 1. The smallest absolute Gasteiger partial charge is 0.166 e. The Labute approximate surface area is 188 Å². The van der Waals surface area contributed by atoms with Crippen LogP contribution in [0.25, 0.3) is 28.3 Å². The summed E-state index contributed by atoms with van der Waals surface area (Å²) in [5, 5.41) is 0. The van der Waals surface area contributed by atoms with Gasteiger partial charge in [-0.1, -0.05) is 68.0 Å². The summed E-state index contributed by atoms with van der Waals surface area (Å²) < 4.78 is 81.4. The molecular weight excluding hydrogens is 438 g/mol. The second-order valence-corrected chi connectivity index (χ2v) is 8.61. The van der Waals surface area contributed by atoms with Crippen LogP contribution in [0.15, 0.2) is 66.2 Å². The molecule has 0 N–H and O–H groups in total. The van der Waals surface area contributed by atoms with Crippen molar-refractivity contribution in [3.8, 4) is 22.3 Å². The molecule has 0 spiro atoms. The molecule has 0 fully saturated rings. The third kappa shape index (κ3) is 4.85. The maximum absolute atomic E-state index is 13.6. The van der Waals surface area contributed by atoms with E-state index in [9.17, 15) is 26.3 Å². The highest BCUT2D eigenvalue weighted by atomic mass is 19.4. The molecule has 0 saturated heterocycles. The van der Waals surface area contributed by atoms with E-state index in [4.69, 9.17) is 0 Å². The Balaban J connectivity index is 2.03. The Hall–Kier alpha value is -3.02. The maximum atomic E-state index is 13.6. The summed E-state index contributed by atoms with van der Waals surface area (Å²) in [6, 6.07) is 14.4. The van der Waals surface area contributed by atoms with E-state index in [0.29, 0.717) is 28.2 Å². The first kappa shape index (κ1) is 23.1. The fraction of sp³-hybridized carbons (Fsp3) is 0.222. The first-order valence-corrected chi connectivity index (χ1v) is 10.5. The quantitative estimate of drug-likeness (QED) is 0.342. The Morgan fingerprint density at radius 2 is 1.33 bits per heavy atom. The summed E-state index contributed by atoms with van der Waals surface area (Å²) in [7, 11) is 0. The second kappa shape index (κ2) is 8.40. The van der Waals surface area contributed by atoms with Gasteiger partial charge in [-0.2, -0.15) is 26.3 Å². The van der Waals surface area contributed by atoms with Crippen molar-refractivity contribution in [1.29, 1.82) is 0 Å². The lowest BCUT2D eigenvalue weighted by atomic mass is 9.87. The average Bonchev–Trinajstić information content (AvgIpc) is 3.13. The van der Waals surface area contributed by atoms with E-state index in [0.717, 1.165) is 29.7 Å². The highest BCUT2D eigenvalue weighted by molar-refractivity contribution is 5.93. The van der Waals surface area contributed by atoms with E-state index in [1.807, 2.05) is 18.6 Å². The molecule has 4 rings (SSSR count). The topological polar surface area (TPSA) is 0 Å². The Morgan fingerprint density at radius 1 is 0.727 bits per heavy atom. The third-order valence-corrected chi connectivity index (χ3v) is 5.55. The lowest BCUT2D eigenvalue weighted by Gasteiger charge is -2.19. The summed E-state index contributed by atoms with van der Waals surface area (Å²) in [4.78, 5) is 0. The van der Waals surface area contributed by atoms with Crippen LogP contribution in [0.4, 0.5) is 26.3 Å². The van der Waals surface area contributed by atoms with Gasteiger partial charge in [0, 0.05) is 6.42 Å². The minimum Gasteiger partial charge on any atom is -0.166 e. The first-order chi connectivity index (χ1) is 15.4. The monoisotopic (exact) mass is 459 g/mol. The molecule has 0 aromatic heterocycles. The molecule has 0 amide bonds. The molecule has 1 aliphatic carbocycles. The van der Waals surface area contributed by atoms with Crippen molar-refractivity contribution < 1.29 is 26.3 Å². The Kier molecular flexibility index (Phi) is 5.89. The van der Waals surface area contributed by atoms with Crippen LogP contribution in [0.5, 0.6) is 0 Å².